The summed E-state index contributed by atoms with van der Waals surface area (Å²) in [6.45, 7) is 0.0659. The highest BCUT2D eigenvalue weighted by molar-refractivity contribution is 7.89. The number of rotatable bonds is 5. The lowest BCUT2D eigenvalue weighted by molar-refractivity contribution is 0.402. The highest BCUT2D eigenvalue weighted by Crippen LogP contribution is 2.24. The smallest absolute Gasteiger partial charge is 0.244 e. The van der Waals surface area contributed by atoms with Gasteiger partial charge in [0.05, 0.1) is 7.11 Å². The quantitative estimate of drug-likeness (QED) is 0.902. The Kier molecular flexibility index (Phi) is 5.11. The van der Waals surface area contributed by atoms with Gasteiger partial charge in [0.15, 0.2) is 0 Å². The zero-order valence-corrected chi connectivity index (χ0v) is 13.5. The number of methoxy groups -OCH3 is 1. The molecule has 1 N–H and O–H groups in total. The summed E-state index contributed by atoms with van der Waals surface area (Å²) < 4.78 is 32.2. The van der Waals surface area contributed by atoms with Gasteiger partial charge >= 0.3 is 0 Å². The van der Waals surface area contributed by atoms with E-state index in [2.05, 4.69) is 4.72 Å². The lowest BCUT2D eigenvalue weighted by Crippen LogP contribution is -2.23. The molecule has 0 unspecified atom stereocenters. The van der Waals surface area contributed by atoms with Crippen LogP contribution in [-0.2, 0) is 16.6 Å². The van der Waals surface area contributed by atoms with Crippen molar-refractivity contribution in [1.29, 1.82) is 0 Å². The minimum atomic E-state index is -3.69. The summed E-state index contributed by atoms with van der Waals surface area (Å²) >= 11 is 11.8. The highest BCUT2D eigenvalue weighted by atomic mass is 35.5. The van der Waals surface area contributed by atoms with Gasteiger partial charge in [-0.3, -0.25) is 0 Å². The van der Waals surface area contributed by atoms with Gasteiger partial charge < -0.3 is 4.74 Å². The molecule has 0 atom stereocenters. The number of hydrogen-bond donors (Lipinski definition) is 1. The second kappa shape index (κ2) is 6.66. The molecule has 0 saturated carbocycles. The van der Waals surface area contributed by atoms with Crippen molar-refractivity contribution in [3.8, 4) is 5.75 Å². The third-order valence-corrected chi connectivity index (χ3v) is 4.85. The summed E-state index contributed by atoms with van der Waals surface area (Å²) in [6.07, 6.45) is 0. The summed E-state index contributed by atoms with van der Waals surface area (Å²) in [5, 5.41) is 0.904. The average molecular weight is 346 g/mol. The Morgan fingerprint density at radius 3 is 2.52 bits per heavy atom. The maximum Gasteiger partial charge on any atom is 0.244 e. The molecule has 0 radical (unpaired) electrons. The van der Waals surface area contributed by atoms with Crippen LogP contribution in [0.5, 0.6) is 5.75 Å². The van der Waals surface area contributed by atoms with Crippen molar-refractivity contribution in [1.82, 2.24) is 4.72 Å². The molecule has 112 valence electrons. The van der Waals surface area contributed by atoms with E-state index in [4.69, 9.17) is 27.9 Å². The fourth-order valence-corrected chi connectivity index (χ4v) is 3.41. The van der Waals surface area contributed by atoms with E-state index < -0.39 is 10.0 Å². The van der Waals surface area contributed by atoms with E-state index in [9.17, 15) is 8.42 Å². The van der Waals surface area contributed by atoms with Gasteiger partial charge in [-0.05, 0) is 29.8 Å². The van der Waals surface area contributed by atoms with Crippen molar-refractivity contribution < 1.29 is 13.2 Å². The number of hydrogen-bond acceptors (Lipinski definition) is 3. The first-order valence-electron chi connectivity index (χ1n) is 6.00. The molecule has 0 saturated heterocycles. The second-order valence-electron chi connectivity index (χ2n) is 4.21. The number of nitrogens with one attached hydrogen (secondary N) is 1. The summed E-state index contributed by atoms with van der Waals surface area (Å²) in [5.74, 6) is 0.284. The molecule has 0 spiro atoms. The van der Waals surface area contributed by atoms with Gasteiger partial charge in [-0.15, -0.1) is 0 Å². The van der Waals surface area contributed by atoms with Crippen LogP contribution in [0.25, 0.3) is 0 Å². The molecule has 0 amide bonds. The zero-order valence-electron chi connectivity index (χ0n) is 11.1. The molecule has 0 aliphatic rings. The number of para-hydroxylation sites is 1. The fourth-order valence-electron chi connectivity index (χ4n) is 1.76. The van der Waals surface area contributed by atoms with E-state index in [0.717, 1.165) is 0 Å². The molecule has 21 heavy (non-hydrogen) atoms. The molecule has 7 heteroatoms. The van der Waals surface area contributed by atoms with Crippen molar-refractivity contribution in [3.05, 3.63) is 58.1 Å². The maximum absolute atomic E-state index is 12.3. The normalized spacial score (nSPS) is 11.4. The number of benzene rings is 2. The highest BCUT2D eigenvalue weighted by Gasteiger charge is 2.18. The van der Waals surface area contributed by atoms with E-state index in [1.165, 1.54) is 13.2 Å². The molecule has 2 aromatic rings. The number of sulfonamides is 1. The Morgan fingerprint density at radius 2 is 1.86 bits per heavy atom. The zero-order chi connectivity index (χ0) is 15.5. The van der Waals surface area contributed by atoms with Gasteiger partial charge in [0.25, 0.3) is 0 Å². The van der Waals surface area contributed by atoms with Crippen LogP contribution in [0.1, 0.15) is 5.56 Å². The van der Waals surface area contributed by atoms with E-state index in [0.29, 0.717) is 15.6 Å². The van der Waals surface area contributed by atoms with E-state index in [1.54, 1.807) is 36.4 Å². The lowest BCUT2D eigenvalue weighted by Gasteiger charge is -2.11. The first kappa shape index (κ1) is 16.1. The predicted molar refractivity (Wildman–Crippen MR) is 83.5 cm³/mol. The summed E-state index contributed by atoms with van der Waals surface area (Å²) in [4.78, 5) is 0.0811. The van der Waals surface area contributed by atoms with E-state index >= 15 is 0 Å². The topological polar surface area (TPSA) is 55.4 Å². The Balaban J connectivity index is 2.22. The molecule has 0 heterocycles. The van der Waals surface area contributed by atoms with Gasteiger partial charge in [0, 0.05) is 16.6 Å². The van der Waals surface area contributed by atoms with Crippen molar-refractivity contribution >= 4 is 33.2 Å². The first-order valence-corrected chi connectivity index (χ1v) is 8.24. The summed E-state index contributed by atoms with van der Waals surface area (Å²) in [6, 6.07) is 11.3. The van der Waals surface area contributed by atoms with Gasteiger partial charge in [-0.25, -0.2) is 13.1 Å². The van der Waals surface area contributed by atoms with E-state index in [-0.39, 0.29) is 17.2 Å². The van der Waals surface area contributed by atoms with Crippen LogP contribution in [0.4, 0.5) is 0 Å². The van der Waals surface area contributed by atoms with Crippen molar-refractivity contribution in [3.63, 3.8) is 0 Å². The van der Waals surface area contributed by atoms with Gasteiger partial charge in [-0.2, -0.15) is 0 Å². The third kappa shape index (κ3) is 3.89. The Morgan fingerprint density at radius 1 is 1.14 bits per heavy atom. The first-order chi connectivity index (χ1) is 9.94. The molecule has 0 aromatic heterocycles. The average Bonchev–Trinajstić information content (AvgIpc) is 2.46. The second-order valence-corrected chi connectivity index (χ2v) is 6.79. The third-order valence-electron chi connectivity index (χ3n) is 2.83. The van der Waals surface area contributed by atoms with Crippen LogP contribution in [0.2, 0.25) is 10.0 Å². The maximum atomic E-state index is 12.3. The van der Waals surface area contributed by atoms with Gasteiger partial charge in [-0.1, -0.05) is 41.4 Å². The summed E-state index contributed by atoms with van der Waals surface area (Å²) in [7, 11) is -2.27. The fraction of sp³-hybridized carbons (Fsp3) is 0.143. The van der Waals surface area contributed by atoms with Crippen LogP contribution in [0.3, 0.4) is 0 Å². The minimum Gasteiger partial charge on any atom is -0.495 e. The molecule has 0 fully saturated rings. The SMILES string of the molecule is COc1ccccc1S(=O)(=O)NCc1ccc(Cl)cc1Cl. The largest absolute Gasteiger partial charge is 0.495 e. The molecule has 0 bridgehead atoms. The standard InChI is InChI=1S/C14H13Cl2NO3S/c1-20-13-4-2-3-5-14(13)21(18,19)17-9-10-6-7-11(15)8-12(10)16/h2-8,17H,9H2,1H3. The number of halogens is 2. The number of ether oxygens (including phenoxy) is 1. The molecular formula is C14H13Cl2NO3S. The van der Waals surface area contributed by atoms with Crippen molar-refractivity contribution in [2.24, 2.45) is 0 Å². The van der Waals surface area contributed by atoms with Crippen LogP contribution in [0, 0.1) is 0 Å². The molecule has 2 rings (SSSR count). The summed E-state index contributed by atoms with van der Waals surface area (Å²) in [5.41, 5.74) is 0.638. The lowest BCUT2D eigenvalue weighted by atomic mass is 10.2. The Labute approximate surface area is 133 Å². The monoisotopic (exact) mass is 345 g/mol. The van der Waals surface area contributed by atoms with E-state index in [1.807, 2.05) is 0 Å². The molecule has 4 nitrogen and oxygen atoms in total. The minimum absolute atomic E-state index is 0.0659. The molecular weight excluding hydrogens is 333 g/mol. The van der Waals surface area contributed by atoms with Gasteiger partial charge in [0.2, 0.25) is 10.0 Å². The predicted octanol–water partition coefficient (Wildman–Crippen LogP) is 3.48. The van der Waals surface area contributed by atoms with Crippen molar-refractivity contribution in [2.75, 3.05) is 7.11 Å². The van der Waals surface area contributed by atoms with Gasteiger partial charge in [0.1, 0.15) is 10.6 Å². The van der Waals surface area contributed by atoms with Crippen molar-refractivity contribution in [2.45, 2.75) is 11.4 Å². The molecule has 0 aliphatic heterocycles. The Bertz CT molecular complexity index is 748. The molecule has 0 aliphatic carbocycles. The van der Waals surface area contributed by atoms with Crippen LogP contribution in [0.15, 0.2) is 47.4 Å². The molecule has 2 aromatic carbocycles. The Hall–Kier alpha value is -1.27. The van der Waals surface area contributed by atoms with Crippen LogP contribution in [-0.4, -0.2) is 15.5 Å². The van der Waals surface area contributed by atoms with Crippen LogP contribution < -0.4 is 9.46 Å². The van der Waals surface area contributed by atoms with Crippen LogP contribution >= 0.6 is 23.2 Å².